The lowest BCUT2D eigenvalue weighted by Gasteiger charge is -2.03. The summed E-state index contributed by atoms with van der Waals surface area (Å²) in [6, 6.07) is 11.3. The molecular weight excluding hydrogens is 254 g/mol. The van der Waals surface area contributed by atoms with Crippen LogP contribution < -0.4 is 0 Å². The molecule has 20 heavy (non-hydrogen) atoms. The largest absolute Gasteiger partial charge is 0.492 e. The highest BCUT2D eigenvalue weighted by molar-refractivity contribution is 5.63. The maximum atomic E-state index is 9.48. The van der Waals surface area contributed by atoms with Crippen LogP contribution in [0.5, 0.6) is 5.88 Å². The Morgan fingerprint density at radius 3 is 2.60 bits per heavy atom. The predicted molar refractivity (Wildman–Crippen MR) is 75.5 cm³/mol. The second-order valence-corrected chi connectivity index (χ2v) is 4.63. The molecule has 0 saturated heterocycles. The van der Waals surface area contributed by atoms with Crippen molar-refractivity contribution in [3.05, 3.63) is 48.2 Å². The molecule has 0 aliphatic heterocycles. The summed E-state index contributed by atoms with van der Waals surface area (Å²) in [5.41, 5.74) is 3.71. The van der Waals surface area contributed by atoms with Crippen molar-refractivity contribution in [2.75, 3.05) is 6.61 Å². The SMILES string of the molecule is OCCCc1ccc(-c2cnc3ccc(O)nn23)cc1. The van der Waals surface area contributed by atoms with Crippen molar-refractivity contribution in [2.24, 2.45) is 0 Å². The molecule has 1 aromatic carbocycles. The van der Waals surface area contributed by atoms with E-state index < -0.39 is 0 Å². The topological polar surface area (TPSA) is 70.7 Å². The van der Waals surface area contributed by atoms with Gasteiger partial charge in [-0.15, -0.1) is 5.10 Å². The summed E-state index contributed by atoms with van der Waals surface area (Å²) in [5, 5.41) is 22.4. The lowest BCUT2D eigenvalue weighted by Crippen LogP contribution is -1.94. The summed E-state index contributed by atoms with van der Waals surface area (Å²) in [4.78, 5) is 4.26. The minimum atomic E-state index is -0.0312. The minimum absolute atomic E-state index is 0.0312. The molecule has 0 aliphatic carbocycles. The van der Waals surface area contributed by atoms with Crippen LogP contribution in [-0.4, -0.2) is 31.4 Å². The number of benzene rings is 1. The van der Waals surface area contributed by atoms with Gasteiger partial charge in [0.05, 0.1) is 11.9 Å². The highest BCUT2D eigenvalue weighted by Gasteiger charge is 2.07. The van der Waals surface area contributed by atoms with Crippen molar-refractivity contribution in [2.45, 2.75) is 12.8 Å². The molecule has 0 aliphatic rings. The zero-order valence-corrected chi connectivity index (χ0v) is 10.9. The van der Waals surface area contributed by atoms with E-state index in [1.165, 1.54) is 11.6 Å². The van der Waals surface area contributed by atoms with Crippen LogP contribution in [0.15, 0.2) is 42.6 Å². The van der Waals surface area contributed by atoms with Gasteiger partial charge >= 0.3 is 0 Å². The average molecular weight is 269 g/mol. The van der Waals surface area contributed by atoms with Crippen LogP contribution in [0.1, 0.15) is 12.0 Å². The minimum Gasteiger partial charge on any atom is -0.492 e. The first kappa shape index (κ1) is 12.6. The molecular formula is C15H15N3O2. The number of aromatic nitrogens is 3. The van der Waals surface area contributed by atoms with E-state index in [1.54, 1.807) is 16.8 Å². The van der Waals surface area contributed by atoms with Crippen LogP contribution in [0.3, 0.4) is 0 Å². The van der Waals surface area contributed by atoms with Crippen molar-refractivity contribution >= 4 is 5.65 Å². The maximum absolute atomic E-state index is 9.48. The Bertz CT molecular complexity index is 720. The van der Waals surface area contributed by atoms with Crippen molar-refractivity contribution in [1.82, 2.24) is 14.6 Å². The van der Waals surface area contributed by atoms with Gasteiger partial charge in [0.25, 0.3) is 0 Å². The van der Waals surface area contributed by atoms with Crippen molar-refractivity contribution in [3.63, 3.8) is 0 Å². The molecule has 0 saturated carbocycles. The number of hydrogen-bond acceptors (Lipinski definition) is 4. The molecule has 0 bridgehead atoms. The fraction of sp³-hybridized carbons (Fsp3) is 0.200. The van der Waals surface area contributed by atoms with E-state index in [2.05, 4.69) is 10.1 Å². The summed E-state index contributed by atoms with van der Waals surface area (Å²) < 4.78 is 1.62. The maximum Gasteiger partial charge on any atom is 0.229 e. The molecule has 102 valence electrons. The Kier molecular flexibility index (Phi) is 3.35. The Morgan fingerprint density at radius 2 is 1.85 bits per heavy atom. The number of aryl methyl sites for hydroxylation is 1. The van der Waals surface area contributed by atoms with Crippen molar-refractivity contribution in [3.8, 4) is 17.1 Å². The highest BCUT2D eigenvalue weighted by Crippen LogP contribution is 2.21. The molecule has 5 heteroatoms. The quantitative estimate of drug-likeness (QED) is 0.760. The number of aliphatic hydroxyl groups excluding tert-OH is 1. The fourth-order valence-corrected chi connectivity index (χ4v) is 2.19. The molecule has 5 nitrogen and oxygen atoms in total. The van der Waals surface area contributed by atoms with E-state index in [-0.39, 0.29) is 12.5 Å². The first-order valence-corrected chi connectivity index (χ1v) is 6.52. The zero-order chi connectivity index (χ0) is 13.9. The van der Waals surface area contributed by atoms with E-state index in [1.807, 2.05) is 24.3 Å². The van der Waals surface area contributed by atoms with Gasteiger partial charge in [-0.25, -0.2) is 9.50 Å². The van der Waals surface area contributed by atoms with Gasteiger partial charge in [-0.1, -0.05) is 24.3 Å². The Hall–Kier alpha value is -2.40. The monoisotopic (exact) mass is 269 g/mol. The van der Waals surface area contributed by atoms with E-state index in [0.29, 0.717) is 5.65 Å². The summed E-state index contributed by atoms with van der Waals surface area (Å²) >= 11 is 0. The number of rotatable bonds is 4. The van der Waals surface area contributed by atoms with Crippen molar-refractivity contribution in [1.29, 1.82) is 0 Å². The molecule has 2 heterocycles. The molecule has 0 fully saturated rings. The lowest BCUT2D eigenvalue weighted by atomic mass is 10.1. The Labute approximate surface area is 116 Å². The number of aliphatic hydroxyl groups is 1. The lowest BCUT2D eigenvalue weighted by molar-refractivity contribution is 0.288. The Morgan fingerprint density at radius 1 is 1.05 bits per heavy atom. The molecule has 3 rings (SSSR count). The van der Waals surface area contributed by atoms with Crippen LogP contribution in [-0.2, 0) is 6.42 Å². The van der Waals surface area contributed by atoms with Gasteiger partial charge in [-0.05, 0) is 24.5 Å². The molecule has 0 amide bonds. The first-order valence-electron chi connectivity index (χ1n) is 6.52. The van der Waals surface area contributed by atoms with Gasteiger partial charge in [0, 0.05) is 18.2 Å². The molecule has 0 atom stereocenters. The second-order valence-electron chi connectivity index (χ2n) is 4.63. The van der Waals surface area contributed by atoms with Gasteiger partial charge in [0.15, 0.2) is 5.65 Å². The second kappa shape index (κ2) is 5.30. The molecule has 0 radical (unpaired) electrons. The normalized spacial score (nSPS) is 11.1. The van der Waals surface area contributed by atoms with Gasteiger partial charge in [-0.3, -0.25) is 0 Å². The first-order chi connectivity index (χ1) is 9.78. The number of fused-ring (bicyclic) bond motifs is 1. The van der Waals surface area contributed by atoms with Gasteiger partial charge in [-0.2, -0.15) is 0 Å². The predicted octanol–water partition coefficient (Wildman–Crippen LogP) is 2.03. The van der Waals surface area contributed by atoms with Crippen LogP contribution in [0.25, 0.3) is 16.9 Å². The molecule has 0 spiro atoms. The van der Waals surface area contributed by atoms with E-state index in [4.69, 9.17) is 5.11 Å². The van der Waals surface area contributed by atoms with Crippen LogP contribution in [0.2, 0.25) is 0 Å². The standard InChI is InChI=1S/C15H15N3O2/c19-9-1-2-11-3-5-12(6-4-11)13-10-16-14-7-8-15(20)17-18(13)14/h3-8,10,19H,1-2,9H2,(H,17,20). The van der Waals surface area contributed by atoms with Crippen LogP contribution in [0.4, 0.5) is 0 Å². The van der Waals surface area contributed by atoms with Crippen LogP contribution >= 0.6 is 0 Å². The number of nitrogens with zero attached hydrogens (tertiary/aromatic N) is 3. The number of imidazole rings is 1. The highest BCUT2D eigenvalue weighted by atomic mass is 16.3. The van der Waals surface area contributed by atoms with E-state index in [0.717, 1.165) is 24.1 Å². The Balaban J connectivity index is 1.96. The number of hydrogen-bond donors (Lipinski definition) is 2. The third kappa shape index (κ3) is 2.35. The molecule has 0 unspecified atom stereocenters. The van der Waals surface area contributed by atoms with Gasteiger partial charge < -0.3 is 10.2 Å². The molecule has 3 aromatic rings. The number of aromatic hydroxyl groups is 1. The third-order valence-corrected chi connectivity index (χ3v) is 3.22. The smallest absolute Gasteiger partial charge is 0.229 e. The van der Waals surface area contributed by atoms with Gasteiger partial charge in [0.2, 0.25) is 5.88 Å². The third-order valence-electron chi connectivity index (χ3n) is 3.22. The summed E-state index contributed by atoms with van der Waals surface area (Å²) in [5.74, 6) is -0.0312. The van der Waals surface area contributed by atoms with E-state index >= 15 is 0 Å². The molecule has 2 aromatic heterocycles. The van der Waals surface area contributed by atoms with Crippen LogP contribution in [0, 0.1) is 0 Å². The summed E-state index contributed by atoms with van der Waals surface area (Å²) in [6.45, 7) is 0.207. The fourth-order valence-electron chi connectivity index (χ4n) is 2.19. The zero-order valence-electron chi connectivity index (χ0n) is 10.9. The van der Waals surface area contributed by atoms with Gasteiger partial charge in [0.1, 0.15) is 0 Å². The molecule has 2 N–H and O–H groups in total. The summed E-state index contributed by atoms with van der Waals surface area (Å²) in [7, 11) is 0. The summed E-state index contributed by atoms with van der Waals surface area (Å²) in [6.07, 6.45) is 3.37. The average Bonchev–Trinajstić information content (AvgIpc) is 2.88. The van der Waals surface area contributed by atoms with Crippen molar-refractivity contribution < 1.29 is 10.2 Å². The van der Waals surface area contributed by atoms with E-state index in [9.17, 15) is 5.11 Å².